The van der Waals surface area contributed by atoms with Crippen LogP contribution in [0, 0.1) is 0 Å². The second kappa shape index (κ2) is 3.23. The van der Waals surface area contributed by atoms with E-state index in [1.807, 2.05) is 30.3 Å². The first-order valence-corrected chi connectivity index (χ1v) is 3.97. The summed E-state index contributed by atoms with van der Waals surface area (Å²) in [5.41, 5.74) is 1.15. The Kier molecular flexibility index (Phi) is 2.08. The molecule has 0 spiro atoms. The lowest BCUT2D eigenvalue weighted by Crippen LogP contribution is -2.24. The lowest BCUT2D eigenvalue weighted by molar-refractivity contribution is -0.0719. The van der Waals surface area contributed by atoms with Crippen molar-refractivity contribution < 1.29 is 9.84 Å². The number of hydrogen-bond acceptors (Lipinski definition) is 3. The summed E-state index contributed by atoms with van der Waals surface area (Å²) in [5.74, 6) is 0. The number of nitrogens with one attached hydrogen (secondary N) is 1. The molecular formula is C9H11NO2. The minimum atomic E-state index is -0.810. The van der Waals surface area contributed by atoms with E-state index in [9.17, 15) is 0 Å². The summed E-state index contributed by atoms with van der Waals surface area (Å²) in [6.07, 6.45) is -0.810. The fourth-order valence-electron chi connectivity index (χ4n) is 1.33. The van der Waals surface area contributed by atoms with Crippen molar-refractivity contribution in [3.05, 3.63) is 35.9 Å². The van der Waals surface area contributed by atoms with E-state index in [0.717, 1.165) is 5.56 Å². The quantitative estimate of drug-likeness (QED) is 0.641. The van der Waals surface area contributed by atoms with Gasteiger partial charge in [0.25, 0.3) is 0 Å². The Morgan fingerprint density at radius 1 is 1.33 bits per heavy atom. The summed E-state index contributed by atoms with van der Waals surface area (Å²) in [4.78, 5) is 0. The van der Waals surface area contributed by atoms with Crippen molar-refractivity contribution in [3.8, 4) is 0 Å². The van der Waals surface area contributed by atoms with E-state index in [4.69, 9.17) is 9.84 Å². The minimum absolute atomic E-state index is 0.126. The lowest BCUT2D eigenvalue weighted by Gasteiger charge is -2.07. The third kappa shape index (κ3) is 1.48. The van der Waals surface area contributed by atoms with E-state index in [1.54, 1.807) is 0 Å². The summed E-state index contributed by atoms with van der Waals surface area (Å²) < 4.78 is 4.96. The van der Waals surface area contributed by atoms with Crippen molar-refractivity contribution in [1.29, 1.82) is 0 Å². The zero-order valence-electron chi connectivity index (χ0n) is 6.60. The van der Waals surface area contributed by atoms with Gasteiger partial charge >= 0.3 is 0 Å². The highest BCUT2D eigenvalue weighted by Gasteiger charge is 2.22. The maximum absolute atomic E-state index is 9.03. The van der Waals surface area contributed by atoms with Crippen molar-refractivity contribution >= 4 is 0 Å². The van der Waals surface area contributed by atoms with Crippen LogP contribution in [0.4, 0.5) is 0 Å². The zero-order valence-corrected chi connectivity index (χ0v) is 6.60. The summed E-state index contributed by atoms with van der Waals surface area (Å²) >= 11 is 0. The largest absolute Gasteiger partial charge is 0.356 e. The molecule has 1 heterocycles. The summed E-state index contributed by atoms with van der Waals surface area (Å²) in [7, 11) is 0. The van der Waals surface area contributed by atoms with Gasteiger partial charge in [-0.05, 0) is 5.56 Å². The van der Waals surface area contributed by atoms with Gasteiger partial charge in [-0.15, -0.1) is 0 Å². The molecule has 0 bridgehead atoms. The summed E-state index contributed by atoms with van der Waals surface area (Å²) in [6.45, 7) is 0.533. The molecule has 1 aromatic carbocycles. The highest BCUT2D eigenvalue weighted by molar-refractivity contribution is 5.19. The highest BCUT2D eigenvalue weighted by atomic mass is 16.6. The Morgan fingerprint density at radius 2 is 2.08 bits per heavy atom. The first kappa shape index (κ1) is 7.73. The van der Waals surface area contributed by atoms with Gasteiger partial charge in [-0.2, -0.15) is 0 Å². The van der Waals surface area contributed by atoms with Crippen LogP contribution in [-0.4, -0.2) is 18.1 Å². The average molecular weight is 165 g/mol. The number of ether oxygens (including phenoxy) is 1. The van der Waals surface area contributed by atoms with Crippen LogP contribution in [0.5, 0.6) is 0 Å². The maximum Gasteiger partial charge on any atom is 0.214 e. The SMILES string of the molecule is OC1N[C@@H](c2ccccc2)CO1. The molecule has 0 saturated carbocycles. The average Bonchev–Trinajstić information content (AvgIpc) is 2.54. The van der Waals surface area contributed by atoms with Crippen molar-refractivity contribution in [2.45, 2.75) is 12.5 Å². The molecule has 1 aliphatic heterocycles. The van der Waals surface area contributed by atoms with Crippen molar-refractivity contribution in [2.75, 3.05) is 6.61 Å². The van der Waals surface area contributed by atoms with E-state index in [1.165, 1.54) is 0 Å². The van der Waals surface area contributed by atoms with Gasteiger partial charge in [-0.25, -0.2) is 0 Å². The molecule has 2 atom stereocenters. The molecule has 0 aromatic heterocycles. The standard InChI is InChI=1S/C9H11NO2/c11-9-10-8(6-12-9)7-4-2-1-3-5-7/h1-5,8-11H,6H2/t8-,9?/m1/s1. The van der Waals surface area contributed by atoms with E-state index in [0.29, 0.717) is 6.61 Å². The first-order chi connectivity index (χ1) is 5.86. The van der Waals surface area contributed by atoms with Crippen LogP contribution in [0.2, 0.25) is 0 Å². The Bertz CT molecular complexity index is 250. The molecule has 12 heavy (non-hydrogen) atoms. The Morgan fingerprint density at radius 3 is 2.67 bits per heavy atom. The zero-order chi connectivity index (χ0) is 8.39. The van der Waals surface area contributed by atoms with Crippen LogP contribution >= 0.6 is 0 Å². The molecule has 1 fully saturated rings. The first-order valence-electron chi connectivity index (χ1n) is 3.97. The fourth-order valence-corrected chi connectivity index (χ4v) is 1.33. The van der Waals surface area contributed by atoms with Crippen LogP contribution in [0.25, 0.3) is 0 Å². The van der Waals surface area contributed by atoms with Gasteiger partial charge < -0.3 is 9.84 Å². The monoisotopic (exact) mass is 165 g/mol. The number of aliphatic hydroxyl groups excluding tert-OH is 1. The van der Waals surface area contributed by atoms with Gasteiger partial charge in [0.2, 0.25) is 6.41 Å². The third-order valence-electron chi connectivity index (χ3n) is 1.97. The van der Waals surface area contributed by atoms with E-state index < -0.39 is 6.41 Å². The highest BCUT2D eigenvalue weighted by Crippen LogP contribution is 2.18. The molecule has 2 rings (SSSR count). The minimum Gasteiger partial charge on any atom is -0.356 e. The van der Waals surface area contributed by atoms with Crippen LogP contribution in [-0.2, 0) is 4.74 Å². The smallest absolute Gasteiger partial charge is 0.214 e. The number of rotatable bonds is 1. The summed E-state index contributed by atoms with van der Waals surface area (Å²) in [5, 5.41) is 11.9. The van der Waals surface area contributed by atoms with E-state index in [-0.39, 0.29) is 6.04 Å². The van der Waals surface area contributed by atoms with Gasteiger partial charge in [0.05, 0.1) is 12.6 Å². The van der Waals surface area contributed by atoms with Crippen LogP contribution in [0.15, 0.2) is 30.3 Å². The molecule has 0 radical (unpaired) electrons. The third-order valence-corrected chi connectivity index (χ3v) is 1.97. The normalized spacial score (nSPS) is 29.1. The lowest BCUT2D eigenvalue weighted by atomic mass is 10.1. The maximum atomic E-state index is 9.03. The summed E-state index contributed by atoms with van der Waals surface area (Å²) in [6, 6.07) is 10.1. The van der Waals surface area contributed by atoms with Crippen molar-refractivity contribution in [1.82, 2.24) is 5.32 Å². The predicted molar refractivity (Wildman–Crippen MR) is 44.3 cm³/mol. The van der Waals surface area contributed by atoms with Crippen LogP contribution in [0.3, 0.4) is 0 Å². The van der Waals surface area contributed by atoms with Gasteiger partial charge in [-0.1, -0.05) is 30.3 Å². The van der Waals surface area contributed by atoms with Gasteiger partial charge in [0, 0.05) is 0 Å². The van der Waals surface area contributed by atoms with E-state index in [2.05, 4.69) is 5.32 Å². The molecule has 1 aliphatic rings. The molecule has 0 amide bonds. The second-order valence-corrected chi connectivity index (χ2v) is 2.82. The fraction of sp³-hybridized carbons (Fsp3) is 0.333. The molecule has 1 saturated heterocycles. The molecule has 1 unspecified atom stereocenters. The topological polar surface area (TPSA) is 41.5 Å². The van der Waals surface area contributed by atoms with E-state index >= 15 is 0 Å². The molecule has 3 heteroatoms. The Labute approximate surface area is 71.0 Å². The second-order valence-electron chi connectivity index (χ2n) is 2.82. The molecule has 3 nitrogen and oxygen atoms in total. The van der Waals surface area contributed by atoms with Gasteiger partial charge in [0.1, 0.15) is 0 Å². The molecule has 64 valence electrons. The van der Waals surface area contributed by atoms with Gasteiger partial charge in [-0.3, -0.25) is 5.32 Å². The Balaban J connectivity index is 2.11. The van der Waals surface area contributed by atoms with Crippen molar-refractivity contribution in [2.24, 2.45) is 0 Å². The number of benzene rings is 1. The van der Waals surface area contributed by atoms with Crippen molar-refractivity contribution in [3.63, 3.8) is 0 Å². The van der Waals surface area contributed by atoms with Crippen LogP contribution < -0.4 is 5.32 Å². The molecule has 0 aliphatic carbocycles. The predicted octanol–water partition coefficient (Wildman–Crippen LogP) is 0.623. The Hall–Kier alpha value is -0.900. The van der Waals surface area contributed by atoms with Crippen LogP contribution in [0.1, 0.15) is 11.6 Å². The molecular weight excluding hydrogens is 154 g/mol. The number of hydrogen-bond donors (Lipinski definition) is 2. The van der Waals surface area contributed by atoms with Gasteiger partial charge in [0.15, 0.2) is 0 Å². The molecule has 2 N–H and O–H groups in total. The molecule has 1 aromatic rings. The number of aliphatic hydroxyl groups is 1.